The molecule has 5 nitrogen and oxygen atoms in total. The van der Waals surface area contributed by atoms with Crippen LogP contribution in [0.2, 0.25) is 0 Å². The second kappa shape index (κ2) is 8.53. The average Bonchev–Trinajstić information content (AvgIpc) is 3.07. The molecule has 4 rings (SSSR count). The number of carbonyl (C=O) groups excluding carboxylic acids is 3. The maximum absolute atomic E-state index is 13.8. The summed E-state index contributed by atoms with van der Waals surface area (Å²) in [7, 11) is 0. The lowest BCUT2D eigenvalue weighted by Crippen LogP contribution is -2.54. The van der Waals surface area contributed by atoms with Gasteiger partial charge in [-0.15, -0.1) is 0 Å². The predicted molar refractivity (Wildman–Crippen MR) is 130 cm³/mol. The van der Waals surface area contributed by atoms with Gasteiger partial charge in [0.15, 0.2) is 5.78 Å². The Kier molecular flexibility index (Phi) is 6.33. The highest BCUT2D eigenvalue weighted by atomic mass is 16.2. The molecule has 0 heterocycles. The first-order chi connectivity index (χ1) is 15.4. The largest absolute Gasteiger partial charge is 0.338 e. The van der Waals surface area contributed by atoms with Crippen LogP contribution in [0.3, 0.4) is 0 Å². The zero-order valence-corrected chi connectivity index (χ0v) is 21.8. The van der Waals surface area contributed by atoms with Gasteiger partial charge in [0.25, 0.3) is 0 Å². The van der Waals surface area contributed by atoms with Crippen molar-refractivity contribution in [2.45, 2.75) is 112 Å². The summed E-state index contributed by atoms with van der Waals surface area (Å²) in [4.78, 5) is 40.4. The summed E-state index contributed by atoms with van der Waals surface area (Å²) in [5.41, 5.74) is 1.87. The fourth-order valence-electron chi connectivity index (χ4n) is 8.73. The van der Waals surface area contributed by atoms with Gasteiger partial charge in [0, 0.05) is 31.3 Å². The molecular weight excluding hydrogens is 412 g/mol. The molecule has 0 radical (unpaired) electrons. The number of nitrogens with zero attached hydrogens (tertiary/aromatic N) is 1. The van der Waals surface area contributed by atoms with Crippen LogP contribution in [0.25, 0.3) is 0 Å². The molecule has 0 aromatic heterocycles. The van der Waals surface area contributed by atoms with E-state index >= 15 is 0 Å². The molecule has 1 N–H and O–H groups in total. The van der Waals surface area contributed by atoms with Crippen LogP contribution in [0.1, 0.15) is 99.8 Å². The molecule has 0 spiro atoms. The number of hydrogen-bond donors (Lipinski definition) is 1. The van der Waals surface area contributed by atoms with Crippen molar-refractivity contribution in [1.29, 1.82) is 0 Å². The highest BCUT2D eigenvalue weighted by Gasteiger charge is 2.61. The Morgan fingerprint density at radius 2 is 1.61 bits per heavy atom. The van der Waals surface area contributed by atoms with Crippen LogP contribution in [0.5, 0.6) is 0 Å². The quantitative estimate of drug-likeness (QED) is 0.629. The summed E-state index contributed by atoms with van der Waals surface area (Å²) >= 11 is 0. The minimum atomic E-state index is -0.148. The minimum Gasteiger partial charge on any atom is -0.338 e. The van der Waals surface area contributed by atoms with E-state index in [0.717, 1.165) is 44.9 Å². The topological polar surface area (TPSA) is 66.5 Å². The monoisotopic (exact) mass is 456 g/mol. The zero-order valence-electron chi connectivity index (χ0n) is 21.8. The number of carbonyl (C=O) groups is 3. The number of hydrogen-bond acceptors (Lipinski definition) is 3. The Labute approximate surface area is 200 Å². The second-order valence-electron chi connectivity index (χ2n) is 12.4. The normalized spacial score (nSPS) is 38.2. The van der Waals surface area contributed by atoms with E-state index in [2.05, 4.69) is 51.8 Å². The van der Waals surface area contributed by atoms with Gasteiger partial charge in [0.1, 0.15) is 0 Å². The standard InChI is InChI=1S/C28H44N2O3/c1-16(2)30(17(3)4)26(33)23-11-10-20-19-8-9-22-25(29-18(5)31)24(32)13-15-27(22,6)21(19)12-14-28(20,23)7/h16-17,19-21,23H,8-15H2,1-7H3,(H,29,31)/t19-,20-,21-,23+,27+,28-/m0/s1. The molecule has 3 saturated carbocycles. The van der Waals surface area contributed by atoms with Crippen molar-refractivity contribution < 1.29 is 14.4 Å². The molecular formula is C28H44N2O3. The number of allylic oxidation sites excluding steroid dienone is 1. The van der Waals surface area contributed by atoms with Crippen molar-refractivity contribution in [2.24, 2.45) is 34.5 Å². The molecule has 4 aliphatic carbocycles. The number of amides is 2. The molecule has 4 aliphatic rings. The molecule has 0 aromatic rings. The lowest BCUT2D eigenvalue weighted by atomic mass is 9.46. The Hall–Kier alpha value is -1.65. The molecule has 0 unspecified atom stereocenters. The number of ketones is 1. The fourth-order valence-corrected chi connectivity index (χ4v) is 8.73. The zero-order chi connectivity index (χ0) is 24.3. The van der Waals surface area contributed by atoms with E-state index in [1.807, 2.05) is 0 Å². The van der Waals surface area contributed by atoms with Gasteiger partial charge in [-0.05, 0) is 107 Å². The van der Waals surface area contributed by atoms with Crippen molar-refractivity contribution in [3.8, 4) is 0 Å². The van der Waals surface area contributed by atoms with Crippen molar-refractivity contribution in [1.82, 2.24) is 10.2 Å². The highest BCUT2D eigenvalue weighted by Crippen LogP contribution is 2.67. The number of fused-ring (bicyclic) bond motifs is 5. The summed E-state index contributed by atoms with van der Waals surface area (Å²) in [5, 5.41) is 2.90. The predicted octanol–water partition coefficient (Wildman–Crippen LogP) is 5.24. The van der Waals surface area contributed by atoms with Crippen LogP contribution in [0.15, 0.2) is 11.3 Å². The molecule has 5 heteroatoms. The Balaban J connectivity index is 1.63. The molecule has 3 fully saturated rings. The third kappa shape index (κ3) is 3.78. The fraction of sp³-hybridized carbons (Fsp3) is 0.821. The van der Waals surface area contributed by atoms with Gasteiger partial charge < -0.3 is 10.2 Å². The lowest BCUT2D eigenvalue weighted by Gasteiger charge is -2.58. The number of Topliss-reactive ketones (excluding diaryl/α,β-unsaturated/α-hetero) is 1. The molecule has 0 saturated heterocycles. The number of rotatable bonds is 4. The summed E-state index contributed by atoms with van der Waals surface area (Å²) in [6.07, 6.45) is 7.75. The van der Waals surface area contributed by atoms with Crippen molar-refractivity contribution in [2.75, 3.05) is 0 Å². The molecule has 6 atom stereocenters. The van der Waals surface area contributed by atoms with E-state index in [9.17, 15) is 14.4 Å². The summed E-state index contributed by atoms with van der Waals surface area (Å²) in [6, 6.07) is 0.453. The van der Waals surface area contributed by atoms with Gasteiger partial charge in [0.05, 0.1) is 5.70 Å². The summed E-state index contributed by atoms with van der Waals surface area (Å²) in [5.74, 6) is 2.16. The second-order valence-corrected chi connectivity index (χ2v) is 12.4. The van der Waals surface area contributed by atoms with Gasteiger partial charge in [-0.25, -0.2) is 0 Å². The summed E-state index contributed by atoms with van der Waals surface area (Å²) < 4.78 is 0. The smallest absolute Gasteiger partial charge is 0.226 e. The van der Waals surface area contributed by atoms with Crippen LogP contribution in [-0.4, -0.2) is 34.6 Å². The van der Waals surface area contributed by atoms with Crippen molar-refractivity contribution >= 4 is 17.6 Å². The Morgan fingerprint density at radius 3 is 2.21 bits per heavy atom. The highest BCUT2D eigenvalue weighted by molar-refractivity contribution is 6.00. The van der Waals surface area contributed by atoms with Crippen LogP contribution < -0.4 is 5.32 Å². The first-order valence-corrected chi connectivity index (χ1v) is 13.3. The Morgan fingerprint density at radius 1 is 0.939 bits per heavy atom. The van der Waals surface area contributed by atoms with Gasteiger partial charge in [-0.1, -0.05) is 13.8 Å². The lowest BCUT2D eigenvalue weighted by molar-refractivity contribution is -0.146. The first-order valence-electron chi connectivity index (χ1n) is 13.3. The first kappa shape index (κ1) is 24.5. The van der Waals surface area contributed by atoms with Crippen molar-refractivity contribution in [3.05, 3.63) is 11.3 Å². The molecule has 0 aliphatic heterocycles. The molecule has 0 bridgehead atoms. The molecule has 33 heavy (non-hydrogen) atoms. The Bertz CT molecular complexity index is 866. The molecule has 0 aromatic carbocycles. The SMILES string of the molecule is CC(=O)NC1=C2CC[C@H]3[C@@H]4CC[C@H](C(=O)N(C(C)C)C(C)C)[C@@]4(C)CC[C@@H]3[C@@]2(C)CCC1=O. The van der Waals surface area contributed by atoms with Gasteiger partial charge in [-0.2, -0.15) is 0 Å². The molecule has 2 amide bonds. The van der Waals surface area contributed by atoms with Gasteiger partial charge in [0.2, 0.25) is 11.8 Å². The van der Waals surface area contributed by atoms with Crippen LogP contribution >= 0.6 is 0 Å². The van der Waals surface area contributed by atoms with Crippen LogP contribution in [0.4, 0.5) is 0 Å². The van der Waals surface area contributed by atoms with Gasteiger partial charge in [-0.3, -0.25) is 14.4 Å². The van der Waals surface area contributed by atoms with E-state index in [-0.39, 0.29) is 40.5 Å². The van der Waals surface area contributed by atoms with E-state index in [0.29, 0.717) is 35.8 Å². The molecule has 184 valence electrons. The average molecular weight is 457 g/mol. The number of nitrogens with one attached hydrogen (secondary N) is 1. The van der Waals surface area contributed by atoms with E-state index in [1.165, 1.54) is 12.5 Å². The van der Waals surface area contributed by atoms with Crippen LogP contribution in [-0.2, 0) is 14.4 Å². The maximum Gasteiger partial charge on any atom is 0.226 e. The minimum absolute atomic E-state index is 0.0140. The van der Waals surface area contributed by atoms with E-state index in [1.54, 1.807) is 0 Å². The van der Waals surface area contributed by atoms with Crippen molar-refractivity contribution in [3.63, 3.8) is 0 Å². The maximum atomic E-state index is 13.8. The van der Waals surface area contributed by atoms with E-state index in [4.69, 9.17) is 0 Å². The third-order valence-corrected chi connectivity index (χ3v) is 10.1. The third-order valence-electron chi connectivity index (χ3n) is 10.1. The van der Waals surface area contributed by atoms with E-state index < -0.39 is 0 Å². The summed E-state index contributed by atoms with van der Waals surface area (Å²) in [6.45, 7) is 14.8. The van der Waals surface area contributed by atoms with Gasteiger partial charge >= 0.3 is 0 Å². The van der Waals surface area contributed by atoms with Crippen LogP contribution in [0, 0.1) is 34.5 Å².